The molecule has 4 heteroatoms. The highest BCUT2D eigenvalue weighted by molar-refractivity contribution is 8.13. The molecule has 1 heterocycles. The lowest BCUT2D eigenvalue weighted by Gasteiger charge is -2.27. The van der Waals surface area contributed by atoms with Crippen molar-refractivity contribution in [2.24, 2.45) is 4.99 Å². The third-order valence-electron chi connectivity index (χ3n) is 2.39. The van der Waals surface area contributed by atoms with Gasteiger partial charge in [0.1, 0.15) is 11.8 Å². The van der Waals surface area contributed by atoms with Crippen LogP contribution in [0.3, 0.4) is 0 Å². The predicted octanol–water partition coefficient (Wildman–Crippen LogP) is 2.24. The Morgan fingerprint density at radius 1 is 1.40 bits per heavy atom. The average molecular weight is 223 g/mol. The Labute approximate surface area is 93.5 Å². The molecule has 0 aromatic heterocycles. The summed E-state index contributed by atoms with van der Waals surface area (Å²) in [5.41, 5.74) is 0.984. The Kier molecular flexibility index (Phi) is 3.09. The molecular weight excluding hydrogens is 210 g/mol. The summed E-state index contributed by atoms with van der Waals surface area (Å²) in [5, 5.41) is 0.871. The molecule has 0 saturated heterocycles. The number of nitrogens with zero attached hydrogens (tertiary/aromatic N) is 1. The predicted molar refractivity (Wildman–Crippen MR) is 62.0 cm³/mol. The van der Waals surface area contributed by atoms with Crippen LogP contribution in [-0.4, -0.2) is 25.1 Å². The highest BCUT2D eigenvalue weighted by atomic mass is 32.2. The van der Waals surface area contributed by atoms with Crippen LogP contribution in [0.5, 0.6) is 0 Å². The van der Waals surface area contributed by atoms with Gasteiger partial charge in [-0.15, -0.1) is 11.8 Å². The third-order valence-corrected chi connectivity index (χ3v) is 3.18. The second kappa shape index (κ2) is 4.35. The summed E-state index contributed by atoms with van der Waals surface area (Å²) < 4.78 is 11.1. The molecule has 0 radical (unpaired) electrons. The van der Waals surface area contributed by atoms with Gasteiger partial charge in [-0.1, -0.05) is 30.3 Å². The van der Waals surface area contributed by atoms with Gasteiger partial charge >= 0.3 is 0 Å². The van der Waals surface area contributed by atoms with Crippen LogP contribution in [0.15, 0.2) is 35.3 Å². The first-order valence-corrected chi connectivity index (χ1v) is 5.89. The molecule has 1 aliphatic heterocycles. The van der Waals surface area contributed by atoms with Crippen molar-refractivity contribution >= 4 is 16.8 Å². The highest BCUT2D eigenvalue weighted by Gasteiger charge is 2.42. The second-order valence-electron chi connectivity index (χ2n) is 3.13. The topological polar surface area (TPSA) is 30.8 Å². The fourth-order valence-corrected chi connectivity index (χ4v) is 2.39. The highest BCUT2D eigenvalue weighted by Crippen LogP contribution is 2.35. The van der Waals surface area contributed by atoms with Crippen LogP contribution < -0.4 is 0 Å². The molecule has 0 spiro atoms. The zero-order valence-electron chi connectivity index (χ0n) is 8.77. The molecule has 2 rings (SSSR count). The number of aliphatic imine (C=N–C) groups is 1. The van der Waals surface area contributed by atoms with Crippen molar-refractivity contribution in [3.63, 3.8) is 0 Å². The number of ether oxygens (including phenoxy) is 2. The molecule has 0 fully saturated rings. The van der Waals surface area contributed by atoms with Crippen LogP contribution in [0.4, 0.5) is 0 Å². The maximum Gasteiger partial charge on any atom is 0.247 e. The van der Waals surface area contributed by atoms with E-state index in [1.165, 1.54) is 0 Å². The number of methoxy groups -OCH3 is 1. The fraction of sp³-hybridized carbons (Fsp3) is 0.364. The lowest BCUT2D eigenvalue weighted by atomic mass is 10.1. The van der Waals surface area contributed by atoms with Gasteiger partial charge in [-0.25, -0.2) is 4.99 Å². The number of thioether (sulfide) groups is 1. The molecule has 0 amide bonds. The zero-order valence-corrected chi connectivity index (χ0v) is 9.58. The summed E-state index contributed by atoms with van der Waals surface area (Å²) in [5.74, 6) is -0.791. The summed E-state index contributed by atoms with van der Waals surface area (Å²) in [6.07, 6.45) is 1.98. The molecule has 1 unspecified atom stereocenters. The molecule has 1 aromatic carbocycles. The molecule has 0 N–H and O–H groups in total. The van der Waals surface area contributed by atoms with E-state index in [0.717, 1.165) is 10.6 Å². The monoisotopic (exact) mass is 223 g/mol. The van der Waals surface area contributed by atoms with E-state index in [0.29, 0.717) is 6.73 Å². The van der Waals surface area contributed by atoms with Crippen molar-refractivity contribution in [2.75, 3.05) is 20.1 Å². The lowest BCUT2D eigenvalue weighted by Crippen LogP contribution is -2.35. The van der Waals surface area contributed by atoms with Gasteiger partial charge in [0.15, 0.2) is 0 Å². The van der Waals surface area contributed by atoms with E-state index in [9.17, 15) is 0 Å². The minimum absolute atomic E-state index is 0.360. The number of hydrogen-bond donors (Lipinski definition) is 0. The molecule has 80 valence electrons. The van der Waals surface area contributed by atoms with Crippen molar-refractivity contribution in [1.82, 2.24) is 0 Å². The lowest BCUT2D eigenvalue weighted by molar-refractivity contribution is -0.163. The fourth-order valence-electron chi connectivity index (χ4n) is 1.67. The van der Waals surface area contributed by atoms with E-state index in [4.69, 9.17) is 9.47 Å². The Balaban J connectivity index is 2.43. The molecule has 15 heavy (non-hydrogen) atoms. The van der Waals surface area contributed by atoms with E-state index in [1.807, 2.05) is 36.6 Å². The first kappa shape index (κ1) is 10.7. The van der Waals surface area contributed by atoms with E-state index in [1.54, 1.807) is 18.9 Å². The van der Waals surface area contributed by atoms with Crippen LogP contribution in [-0.2, 0) is 15.3 Å². The Hall–Kier alpha value is -0.840. The van der Waals surface area contributed by atoms with E-state index in [2.05, 4.69) is 4.99 Å². The van der Waals surface area contributed by atoms with Gasteiger partial charge in [-0.05, 0) is 6.26 Å². The molecule has 0 aliphatic carbocycles. The van der Waals surface area contributed by atoms with Gasteiger partial charge in [0.2, 0.25) is 5.79 Å². The van der Waals surface area contributed by atoms with Crippen LogP contribution >= 0.6 is 11.8 Å². The third kappa shape index (κ3) is 1.69. The van der Waals surface area contributed by atoms with E-state index in [-0.39, 0.29) is 0 Å². The van der Waals surface area contributed by atoms with Gasteiger partial charge in [-0.3, -0.25) is 0 Å². The van der Waals surface area contributed by atoms with E-state index >= 15 is 0 Å². The van der Waals surface area contributed by atoms with Gasteiger partial charge in [0.05, 0.1) is 0 Å². The van der Waals surface area contributed by atoms with Crippen molar-refractivity contribution in [1.29, 1.82) is 0 Å². The minimum atomic E-state index is -0.791. The minimum Gasteiger partial charge on any atom is -0.344 e. The SMILES string of the molecule is COC1(c2ccccc2)OCN=C1SC. The Morgan fingerprint density at radius 3 is 2.73 bits per heavy atom. The second-order valence-corrected chi connectivity index (χ2v) is 3.92. The van der Waals surface area contributed by atoms with Crippen molar-refractivity contribution < 1.29 is 9.47 Å². The van der Waals surface area contributed by atoms with Gasteiger partial charge in [-0.2, -0.15) is 0 Å². The van der Waals surface area contributed by atoms with Gasteiger partial charge in [0, 0.05) is 12.7 Å². The van der Waals surface area contributed by atoms with Crippen molar-refractivity contribution in [2.45, 2.75) is 5.79 Å². The molecule has 0 saturated carbocycles. The Morgan fingerprint density at radius 2 is 2.13 bits per heavy atom. The number of hydrogen-bond acceptors (Lipinski definition) is 4. The summed E-state index contributed by atoms with van der Waals surface area (Å²) in [7, 11) is 1.64. The van der Waals surface area contributed by atoms with Gasteiger partial charge < -0.3 is 9.47 Å². The van der Waals surface area contributed by atoms with E-state index < -0.39 is 5.79 Å². The summed E-state index contributed by atoms with van der Waals surface area (Å²) in [6.45, 7) is 0.360. The number of rotatable bonds is 2. The van der Waals surface area contributed by atoms with Crippen molar-refractivity contribution in [3.05, 3.63) is 35.9 Å². The molecule has 3 nitrogen and oxygen atoms in total. The van der Waals surface area contributed by atoms with Crippen molar-refractivity contribution in [3.8, 4) is 0 Å². The normalized spacial score (nSPS) is 25.3. The van der Waals surface area contributed by atoms with Crippen LogP contribution in [0, 0.1) is 0 Å². The molecule has 1 atom stereocenters. The first-order valence-electron chi connectivity index (χ1n) is 4.67. The number of benzene rings is 1. The van der Waals surface area contributed by atoms with Crippen LogP contribution in [0.2, 0.25) is 0 Å². The molecule has 1 aliphatic rings. The summed E-state index contributed by atoms with van der Waals surface area (Å²) in [4.78, 5) is 4.29. The maximum atomic E-state index is 5.63. The summed E-state index contributed by atoms with van der Waals surface area (Å²) in [6, 6.07) is 9.88. The first-order chi connectivity index (χ1) is 7.33. The zero-order chi connectivity index (χ0) is 10.7. The largest absolute Gasteiger partial charge is 0.344 e. The molecule has 0 bridgehead atoms. The Bertz CT molecular complexity index is 366. The standard InChI is InChI=1S/C11H13NO2S/c1-13-11(9-6-4-3-5-7-9)10(15-2)12-8-14-11/h3-7H,8H2,1-2H3. The summed E-state index contributed by atoms with van der Waals surface area (Å²) >= 11 is 1.56. The quantitative estimate of drug-likeness (QED) is 0.770. The maximum absolute atomic E-state index is 5.63. The average Bonchev–Trinajstić information content (AvgIpc) is 2.74. The van der Waals surface area contributed by atoms with Crippen LogP contribution in [0.1, 0.15) is 5.56 Å². The molecular formula is C11H13NO2S. The smallest absolute Gasteiger partial charge is 0.247 e. The van der Waals surface area contributed by atoms with Gasteiger partial charge in [0.25, 0.3) is 0 Å². The molecule has 1 aromatic rings. The van der Waals surface area contributed by atoms with Crippen LogP contribution in [0.25, 0.3) is 0 Å².